The number of hydrogen-bond donors (Lipinski definition) is 1. The van der Waals surface area contributed by atoms with Gasteiger partial charge in [0.15, 0.2) is 0 Å². The van der Waals surface area contributed by atoms with Crippen LogP contribution in [0.15, 0.2) is 0 Å². The molecular formula is C12H22BrNO2. The lowest BCUT2D eigenvalue weighted by Gasteiger charge is -2.13. The van der Waals surface area contributed by atoms with Crippen LogP contribution in [-0.2, 0) is 9.53 Å². The third-order valence-electron chi connectivity index (χ3n) is 2.65. The first kappa shape index (κ1) is 14.0. The highest BCUT2D eigenvalue weighted by atomic mass is 79.9. The fraction of sp³-hybridized carbons (Fsp3) is 0.917. The van der Waals surface area contributed by atoms with Crippen LogP contribution in [0, 0.1) is 11.8 Å². The Labute approximate surface area is 106 Å². The molecule has 0 bridgehead atoms. The standard InChI is InChI=1S/C12H22BrNO2/c1-9(2)11(13)12(15)14-6-3-7-16-8-10-4-5-10/h9-11H,3-8H2,1-2H3,(H,14,15). The molecule has 16 heavy (non-hydrogen) atoms. The van der Waals surface area contributed by atoms with Gasteiger partial charge in [-0.2, -0.15) is 0 Å². The van der Waals surface area contributed by atoms with E-state index in [0.29, 0.717) is 12.5 Å². The van der Waals surface area contributed by atoms with Crippen molar-refractivity contribution in [2.45, 2.75) is 37.9 Å². The second-order valence-corrected chi connectivity index (χ2v) is 5.80. The van der Waals surface area contributed by atoms with Gasteiger partial charge in [-0.05, 0) is 31.1 Å². The third kappa shape index (κ3) is 5.85. The zero-order valence-corrected chi connectivity index (χ0v) is 11.8. The lowest BCUT2D eigenvalue weighted by atomic mass is 10.1. The van der Waals surface area contributed by atoms with Crippen LogP contribution in [0.1, 0.15) is 33.1 Å². The van der Waals surface area contributed by atoms with Crippen molar-refractivity contribution >= 4 is 21.8 Å². The molecule has 0 aromatic carbocycles. The molecule has 94 valence electrons. The summed E-state index contributed by atoms with van der Waals surface area (Å²) in [4.78, 5) is 11.5. The van der Waals surface area contributed by atoms with Crippen molar-refractivity contribution in [3.8, 4) is 0 Å². The second-order valence-electron chi connectivity index (χ2n) is 4.81. The molecule has 1 aliphatic rings. The summed E-state index contributed by atoms with van der Waals surface area (Å²) in [6.45, 7) is 6.42. The van der Waals surface area contributed by atoms with Crippen molar-refractivity contribution in [2.75, 3.05) is 19.8 Å². The molecule has 0 spiro atoms. The average Bonchev–Trinajstić information content (AvgIpc) is 3.05. The van der Waals surface area contributed by atoms with E-state index in [1.165, 1.54) is 12.8 Å². The molecule has 1 atom stereocenters. The predicted octanol–water partition coefficient (Wildman–Crippen LogP) is 2.34. The SMILES string of the molecule is CC(C)C(Br)C(=O)NCCCOCC1CC1. The zero-order chi connectivity index (χ0) is 12.0. The molecule has 0 heterocycles. The molecule has 1 aliphatic carbocycles. The monoisotopic (exact) mass is 291 g/mol. The van der Waals surface area contributed by atoms with Gasteiger partial charge in [-0.1, -0.05) is 29.8 Å². The van der Waals surface area contributed by atoms with Crippen LogP contribution in [-0.4, -0.2) is 30.5 Å². The molecule has 3 nitrogen and oxygen atoms in total. The van der Waals surface area contributed by atoms with E-state index in [1.807, 2.05) is 13.8 Å². The maximum absolute atomic E-state index is 11.5. The molecule has 1 N–H and O–H groups in total. The molecule has 1 unspecified atom stereocenters. The normalized spacial score (nSPS) is 17.5. The average molecular weight is 292 g/mol. The molecule has 1 saturated carbocycles. The minimum absolute atomic E-state index is 0.0807. The van der Waals surface area contributed by atoms with Gasteiger partial charge in [0.2, 0.25) is 5.91 Å². The van der Waals surface area contributed by atoms with Crippen molar-refractivity contribution in [1.29, 1.82) is 0 Å². The van der Waals surface area contributed by atoms with Crippen LogP contribution in [0.25, 0.3) is 0 Å². The van der Waals surface area contributed by atoms with Crippen LogP contribution in [0.3, 0.4) is 0 Å². The topological polar surface area (TPSA) is 38.3 Å². The molecule has 1 amide bonds. The first-order valence-electron chi connectivity index (χ1n) is 6.10. The summed E-state index contributed by atoms with van der Waals surface area (Å²) < 4.78 is 5.48. The van der Waals surface area contributed by atoms with Gasteiger partial charge in [0, 0.05) is 19.8 Å². The Morgan fingerprint density at radius 3 is 2.75 bits per heavy atom. The minimum atomic E-state index is -0.0834. The smallest absolute Gasteiger partial charge is 0.234 e. The number of hydrogen-bond acceptors (Lipinski definition) is 2. The lowest BCUT2D eigenvalue weighted by Crippen LogP contribution is -2.34. The number of ether oxygens (including phenoxy) is 1. The fourth-order valence-corrected chi connectivity index (χ4v) is 1.48. The van der Waals surface area contributed by atoms with Crippen LogP contribution in [0.4, 0.5) is 0 Å². The molecule has 1 fully saturated rings. The van der Waals surface area contributed by atoms with E-state index in [1.54, 1.807) is 0 Å². The van der Waals surface area contributed by atoms with Gasteiger partial charge in [-0.15, -0.1) is 0 Å². The van der Waals surface area contributed by atoms with E-state index in [9.17, 15) is 4.79 Å². The first-order chi connectivity index (χ1) is 7.61. The Kier molecular flexibility index (Phi) is 6.36. The molecule has 0 aromatic rings. The molecular weight excluding hydrogens is 270 g/mol. The van der Waals surface area contributed by atoms with Gasteiger partial charge in [-0.3, -0.25) is 4.79 Å². The molecule has 0 aliphatic heterocycles. The lowest BCUT2D eigenvalue weighted by molar-refractivity contribution is -0.121. The summed E-state index contributed by atoms with van der Waals surface area (Å²) in [5.41, 5.74) is 0. The summed E-state index contributed by atoms with van der Waals surface area (Å²) >= 11 is 3.37. The molecule has 4 heteroatoms. The summed E-state index contributed by atoms with van der Waals surface area (Å²) in [6.07, 6.45) is 3.56. The van der Waals surface area contributed by atoms with Crippen LogP contribution < -0.4 is 5.32 Å². The van der Waals surface area contributed by atoms with Gasteiger partial charge in [0.1, 0.15) is 0 Å². The van der Waals surface area contributed by atoms with E-state index >= 15 is 0 Å². The molecule has 0 aromatic heterocycles. The number of nitrogens with one attached hydrogen (secondary N) is 1. The van der Waals surface area contributed by atoms with Crippen LogP contribution in [0.2, 0.25) is 0 Å². The van der Waals surface area contributed by atoms with Gasteiger partial charge >= 0.3 is 0 Å². The van der Waals surface area contributed by atoms with Crippen LogP contribution >= 0.6 is 15.9 Å². The van der Waals surface area contributed by atoms with E-state index in [4.69, 9.17) is 4.74 Å². The molecule has 0 saturated heterocycles. The Hall–Kier alpha value is -0.0900. The van der Waals surface area contributed by atoms with Crippen molar-refractivity contribution < 1.29 is 9.53 Å². The number of carbonyl (C=O) groups excluding carboxylic acids is 1. The van der Waals surface area contributed by atoms with E-state index in [-0.39, 0.29) is 10.7 Å². The minimum Gasteiger partial charge on any atom is -0.381 e. The highest BCUT2D eigenvalue weighted by Crippen LogP contribution is 2.28. The molecule has 0 radical (unpaired) electrons. The van der Waals surface area contributed by atoms with Gasteiger partial charge in [0.25, 0.3) is 0 Å². The quantitative estimate of drug-likeness (QED) is 0.551. The van der Waals surface area contributed by atoms with E-state index in [2.05, 4.69) is 21.2 Å². The van der Waals surface area contributed by atoms with Gasteiger partial charge in [0.05, 0.1) is 4.83 Å². The number of rotatable bonds is 8. The van der Waals surface area contributed by atoms with Gasteiger partial charge in [-0.25, -0.2) is 0 Å². The van der Waals surface area contributed by atoms with Gasteiger partial charge < -0.3 is 10.1 Å². The largest absolute Gasteiger partial charge is 0.381 e. The predicted molar refractivity (Wildman–Crippen MR) is 68.7 cm³/mol. The van der Waals surface area contributed by atoms with Crippen molar-refractivity contribution in [1.82, 2.24) is 5.32 Å². The maximum atomic E-state index is 11.5. The summed E-state index contributed by atoms with van der Waals surface area (Å²) in [7, 11) is 0. The first-order valence-corrected chi connectivity index (χ1v) is 7.02. The maximum Gasteiger partial charge on any atom is 0.234 e. The summed E-state index contributed by atoms with van der Waals surface area (Å²) in [5.74, 6) is 1.23. The number of alkyl halides is 1. The fourth-order valence-electron chi connectivity index (χ4n) is 1.32. The van der Waals surface area contributed by atoms with E-state index < -0.39 is 0 Å². The Balaban J connectivity index is 1.90. The third-order valence-corrected chi connectivity index (χ3v) is 4.12. The number of amides is 1. The van der Waals surface area contributed by atoms with Crippen molar-refractivity contribution in [2.24, 2.45) is 11.8 Å². The van der Waals surface area contributed by atoms with Crippen molar-refractivity contribution in [3.05, 3.63) is 0 Å². The summed E-state index contributed by atoms with van der Waals surface area (Å²) in [6, 6.07) is 0. The number of carbonyl (C=O) groups is 1. The highest BCUT2D eigenvalue weighted by Gasteiger charge is 2.21. The Bertz CT molecular complexity index is 217. The Morgan fingerprint density at radius 1 is 1.50 bits per heavy atom. The van der Waals surface area contributed by atoms with Crippen LogP contribution in [0.5, 0.6) is 0 Å². The van der Waals surface area contributed by atoms with Crippen molar-refractivity contribution in [3.63, 3.8) is 0 Å². The zero-order valence-electron chi connectivity index (χ0n) is 10.2. The Morgan fingerprint density at radius 2 is 2.19 bits per heavy atom. The number of halogens is 1. The summed E-state index contributed by atoms with van der Waals surface area (Å²) in [5, 5.41) is 2.90. The van der Waals surface area contributed by atoms with E-state index in [0.717, 1.165) is 25.6 Å². The second kappa shape index (κ2) is 7.28. The molecule has 1 rings (SSSR count). The highest BCUT2D eigenvalue weighted by molar-refractivity contribution is 9.10.